The van der Waals surface area contributed by atoms with Gasteiger partial charge in [0.05, 0.1) is 12.2 Å². The summed E-state index contributed by atoms with van der Waals surface area (Å²) in [4.78, 5) is 17.1. The van der Waals surface area contributed by atoms with Gasteiger partial charge in [-0.1, -0.05) is 37.3 Å². The second-order valence-corrected chi connectivity index (χ2v) is 7.98. The Bertz CT molecular complexity index is 854. The van der Waals surface area contributed by atoms with E-state index in [-0.39, 0.29) is 11.5 Å². The molecule has 2 aliphatic rings. The van der Waals surface area contributed by atoms with Crippen molar-refractivity contribution in [2.24, 2.45) is 0 Å². The van der Waals surface area contributed by atoms with E-state index in [1.807, 2.05) is 49.4 Å². The monoisotopic (exact) mass is 365 g/mol. The lowest BCUT2D eigenvalue weighted by molar-refractivity contribution is 0.197. The molecule has 2 heterocycles. The summed E-state index contributed by atoms with van der Waals surface area (Å²) in [6, 6.07) is 15.8. The van der Waals surface area contributed by atoms with Crippen LogP contribution in [0.15, 0.2) is 48.5 Å². The fourth-order valence-electron chi connectivity index (χ4n) is 4.76. The van der Waals surface area contributed by atoms with Crippen molar-refractivity contribution in [3.63, 3.8) is 0 Å². The van der Waals surface area contributed by atoms with Crippen LogP contribution in [0.4, 0.5) is 10.5 Å². The number of nitrogens with one attached hydrogen (secondary N) is 1. The second kappa shape index (κ2) is 6.57. The summed E-state index contributed by atoms with van der Waals surface area (Å²) in [5.74, 6) is 0.594. The highest BCUT2D eigenvalue weighted by Gasteiger charge is 2.52. The number of rotatable bonds is 3. The van der Waals surface area contributed by atoms with Crippen molar-refractivity contribution in [3.8, 4) is 5.75 Å². The van der Waals surface area contributed by atoms with Gasteiger partial charge in [0.25, 0.3) is 0 Å². The third kappa shape index (κ3) is 2.96. The number of carbonyl (C=O) groups is 1. The van der Waals surface area contributed by atoms with Gasteiger partial charge in [0.1, 0.15) is 5.75 Å². The maximum absolute atomic E-state index is 12.4. The summed E-state index contributed by atoms with van der Waals surface area (Å²) in [7, 11) is 4.32. The molecular weight excluding hydrogens is 338 g/mol. The number of benzene rings is 2. The minimum Gasteiger partial charge on any atom is -0.410 e. The summed E-state index contributed by atoms with van der Waals surface area (Å²) in [6.07, 6.45) is 1.03. The molecule has 3 atom stereocenters. The van der Waals surface area contributed by atoms with Crippen LogP contribution in [0, 0.1) is 0 Å². The van der Waals surface area contributed by atoms with E-state index in [9.17, 15) is 4.79 Å². The lowest BCUT2D eigenvalue weighted by Crippen LogP contribution is -2.45. The molecule has 2 aromatic rings. The van der Waals surface area contributed by atoms with Gasteiger partial charge in [-0.05, 0) is 49.7 Å². The van der Waals surface area contributed by atoms with Crippen LogP contribution >= 0.6 is 0 Å². The van der Waals surface area contributed by atoms with E-state index in [2.05, 4.69) is 42.2 Å². The summed E-state index contributed by atoms with van der Waals surface area (Å²) >= 11 is 0. The first-order valence-electron chi connectivity index (χ1n) is 9.51. The van der Waals surface area contributed by atoms with Crippen LogP contribution in [0.2, 0.25) is 0 Å². The Balaban J connectivity index is 1.50. The number of carbonyl (C=O) groups excluding carboxylic acids is 1. The molecule has 0 aliphatic carbocycles. The van der Waals surface area contributed by atoms with Gasteiger partial charge in [-0.15, -0.1) is 0 Å². The molecule has 1 amide bonds. The number of fused-ring (bicyclic) bond motifs is 3. The molecule has 0 saturated carbocycles. The number of ether oxygens (including phenoxy) is 1. The molecule has 3 unspecified atom stereocenters. The maximum atomic E-state index is 12.4. The molecule has 0 aromatic heterocycles. The smallest absolute Gasteiger partial charge is 0.410 e. The standard InChI is InChI=1S/C22H27N3O2/c1-15(16-8-6-5-7-9-16)23-21(26)27-17-10-11-19-18(14-17)22(2)12-13-24(3)20(22)25(19)4/h5-11,14-15,20H,12-13H2,1-4H3,(H,23,26). The predicted molar refractivity (Wildman–Crippen MR) is 107 cm³/mol. The van der Waals surface area contributed by atoms with Crippen molar-refractivity contribution in [2.75, 3.05) is 25.5 Å². The number of amides is 1. The molecule has 1 saturated heterocycles. The third-order valence-electron chi connectivity index (χ3n) is 6.15. The highest BCUT2D eigenvalue weighted by atomic mass is 16.6. The van der Waals surface area contributed by atoms with Gasteiger partial charge in [0.15, 0.2) is 0 Å². The lowest BCUT2D eigenvalue weighted by Gasteiger charge is -2.32. The van der Waals surface area contributed by atoms with Crippen molar-refractivity contribution in [3.05, 3.63) is 59.7 Å². The number of likely N-dealkylation sites (tertiary alicyclic amines) is 1. The highest BCUT2D eigenvalue weighted by molar-refractivity contribution is 5.73. The Morgan fingerprint density at radius 2 is 1.96 bits per heavy atom. The van der Waals surface area contributed by atoms with Crippen molar-refractivity contribution < 1.29 is 9.53 Å². The van der Waals surface area contributed by atoms with E-state index in [1.165, 1.54) is 11.3 Å². The fraction of sp³-hybridized carbons (Fsp3) is 0.409. The normalized spacial score (nSPS) is 25.0. The Morgan fingerprint density at radius 3 is 2.70 bits per heavy atom. The number of anilines is 1. The van der Waals surface area contributed by atoms with E-state index in [0.29, 0.717) is 11.9 Å². The fourth-order valence-corrected chi connectivity index (χ4v) is 4.76. The van der Waals surface area contributed by atoms with Crippen molar-refractivity contribution in [1.29, 1.82) is 0 Å². The summed E-state index contributed by atoms with van der Waals surface area (Å²) in [5.41, 5.74) is 3.60. The number of nitrogens with zero attached hydrogens (tertiary/aromatic N) is 2. The molecule has 5 heteroatoms. The molecule has 142 valence electrons. The second-order valence-electron chi connectivity index (χ2n) is 7.98. The summed E-state index contributed by atoms with van der Waals surface area (Å²) in [6.45, 7) is 5.34. The zero-order valence-corrected chi connectivity index (χ0v) is 16.4. The SMILES string of the molecule is CC(NC(=O)Oc1ccc2c(c1)C1(C)CCN(C)C1N2C)c1ccccc1. The average Bonchev–Trinajstić information content (AvgIpc) is 3.08. The third-order valence-corrected chi connectivity index (χ3v) is 6.15. The van der Waals surface area contributed by atoms with E-state index in [4.69, 9.17) is 4.74 Å². The van der Waals surface area contributed by atoms with Gasteiger partial charge in [-0.3, -0.25) is 4.90 Å². The number of hydrogen-bond donors (Lipinski definition) is 1. The minimum absolute atomic E-state index is 0.0615. The molecule has 2 aliphatic heterocycles. The van der Waals surface area contributed by atoms with Crippen LogP contribution in [-0.2, 0) is 5.41 Å². The number of hydrogen-bond acceptors (Lipinski definition) is 4. The van der Waals surface area contributed by atoms with E-state index in [0.717, 1.165) is 18.5 Å². The first-order chi connectivity index (χ1) is 12.9. The van der Waals surface area contributed by atoms with Gasteiger partial charge in [0, 0.05) is 24.7 Å². The molecule has 27 heavy (non-hydrogen) atoms. The summed E-state index contributed by atoms with van der Waals surface area (Å²) in [5, 5.41) is 2.90. The van der Waals surface area contributed by atoms with Crippen LogP contribution < -0.4 is 15.0 Å². The van der Waals surface area contributed by atoms with Crippen LogP contribution in [0.1, 0.15) is 37.4 Å². The van der Waals surface area contributed by atoms with Crippen LogP contribution in [0.5, 0.6) is 5.75 Å². The van der Waals surface area contributed by atoms with Crippen LogP contribution in [-0.4, -0.2) is 37.8 Å². The van der Waals surface area contributed by atoms with Gasteiger partial charge in [-0.2, -0.15) is 0 Å². The molecule has 0 spiro atoms. The van der Waals surface area contributed by atoms with Crippen LogP contribution in [0.25, 0.3) is 0 Å². The maximum Gasteiger partial charge on any atom is 0.413 e. The van der Waals surface area contributed by atoms with Crippen molar-refractivity contribution >= 4 is 11.8 Å². The van der Waals surface area contributed by atoms with E-state index < -0.39 is 6.09 Å². The predicted octanol–water partition coefficient (Wildman–Crippen LogP) is 3.91. The Hall–Kier alpha value is -2.53. The molecular formula is C22H27N3O2. The molecule has 0 radical (unpaired) electrons. The lowest BCUT2D eigenvalue weighted by atomic mass is 9.81. The van der Waals surface area contributed by atoms with E-state index in [1.54, 1.807) is 0 Å². The Morgan fingerprint density at radius 1 is 1.22 bits per heavy atom. The van der Waals surface area contributed by atoms with Gasteiger partial charge >= 0.3 is 6.09 Å². The molecule has 5 nitrogen and oxygen atoms in total. The summed E-state index contributed by atoms with van der Waals surface area (Å²) < 4.78 is 5.61. The largest absolute Gasteiger partial charge is 0.413 e. The zero-order valence-electron chi connectivity index (χ0n) is 16.4. The Kier molecular flexibility index (Phi) is 4.35. The first-order valence-corrected chi connectivity index (χ1v) is 9.51. The van der Waals surface area contributed by atoms with Crippen molar-refractivity contribution in [2.45, 2.75) is 37.9 Å². The molecule has 1 fully saturated rings. The highest BCUT2D eigenvalue weighted by Crippen LogP contribution is 2.51. The molecule has 0 bridgehead atoms. The average molecular weight is 365 g/mol. The first kappa shape index (κ1) is 17.9. The van der Waals surface area contributed by atoms with Gasteiger partial charge in [0.2, 0.25) is 0 Å². The van der Waals surface area contributed by atoms with E-state index >= 15 is 0 Å². The van der Waals surface area contributed by atoms with Crippen LogP contribution in [0.3, 0.4) is 0 Å². The minimum atomic E-state index is -0.428. The molecule has 4 rings (SSSR count). The molecule has 1 N–H and O–H groups in total. The van der Waals surface area contributed by atoms with Gasteiger partial charge < -0.3 is 15.0 Å². The number of likely N-dealkylation sites (N-methyl/N-ethyl adjacent to an activating group) is 2. The van der Waals surface area contributed by atoms with Crippen molar-refractivity contribution in [1.82, 2.24) is 10.2 Å². The molecule has 2 aromatic carbocycles. The topological polar surface area (TPSA) is 44.8 Å². The zero-order chi connectivity index (χ0) is 19.2. The quantitative estimate of drug-likeness (QED) is 0.896. The van der Waals surface area contributed by atoms with Gasteiger partial charge in [-0.25, -0.2) is 4.79 Å². The Labute approximate surface area is 160 Å².